The van der Waals surface area contributed by atoms with Crippen LogP contribution in [0.15, 0.2) is 22.7 Å². The first-order valence-corrected chi connectivity index (χ1v) is 6.28. The fourth-order valence-corrected chi connectivity index (χ4v) is 2.21. The molecule has 2 rings (SSSR count). The highest BCUT2D eigenvalue weighted by molar-refractivity contribution is 9.10. The maximum Gasteiger partial charge on any atom is 0.275 e. The van der Waals surface area contributed by atoms with Gasteiger partial charge in [-0.25, -0.2) is 0 Å². The lowest BCUT2D eigenvalue weighted by molar-refractivity contribution is -0.385. The minimum Gasteiger partial charge on any atom is -0.354 e. The summed E-state index contributed by atoms with van der Waals surface area (Å²) in [6.07, 6.45) is 0.421. The Morgan fingerprint density at radius 1 is 1.56 bits per heavy atom. The number of nitro benzene ring substituents is 1. The number of carbonyl (C=O) groups excluding carboxylic acids is 1. The van der Waals surface area contributed by atoms with Gasteiger partial charge >= 0.3 is 0 Å². The second-order valence-electron chi connectivity index (χ2n) is 4.12. The van der Waals surface area contributed by atoms with Crippen LogP contribution >= 0.6 is 15.9 Å². The largest absolute Gasteiger partial charge is 0.354 e. The third kappa shape index (κ3) is 3.05. The molecule has 1 aromatic rings. The number of amides is 1. The summed E-state index contributed by atoms with van der Waals surface area (Å²) in [6, 6.07) is 5.00. The second kappa shape index (κ2) is 5.45. The highest BCUT2D eigenvalue weighted by Crippen LogP contribution is 2.23. The van der Waals surface area contributed by atoms with Crippen LogP contribution < -0.4 is 10.6 Å². The molecule has 0 spiro atoms. The van der Waals surface area contributed by atoms with Crippen molar-refractivity contribution in [2.24, 2.45) is 0 Å². The monoisotopic (exact) mass is 313 g/mol. The Bertz CT molecular complexity index is 492. The summed E-state index contributed by atoms with van der Waals surface area (Å²) >= 11 is 3.21. The van der Waals surface area contributed by atoms with E-state index in [1.165, 1.54) is 6.07 Å². The van der Waals surface area contributed by atoms with E-state index in [1.54, 1.807) is 12.1 Å². The van der Waals surface area contributed by atoms with Crippen molar-refractivity contribution in [1.82, 2.24) is 10.6 Å². The Morgan fingerprint density at radius 3 is 2.94 bits per heavy atom. The maximum atomic E-state index is 11.0. The Labute approximate surface area is 112 Å². The van der Waals surface area contributed by atoms with Gasteiger partial charge in [-0.2, -0.15) is 0 Å². The lowest BCUT2D eigenvalue weighted by Gasteiger charge is -2.10. The average molecular weight is 314 g/mol. The Morgan fingerprint density at radius 2 is 2.33 bits per heavy atom. The summed E-state index contributed by atoms with van der Waals surface area (Å²) in [5, 5.41) is 16.8. The van der Waals surface area contributed by atoms with Gasteiger partial charge in [0.2, 0.25) is 5.91 Å². The molecule has 0 aliphatic carbocycles. The van der Waals surface area contributed by atoms with Crippen molar-refractivity contribution >= 4 is 27.5 Å². The van der Waals surface area contributed by atoms with Crippen LogP contribution in [0.4, 0.5) is 5.69 Å². The summed E-state index contributed by atoms with van der Waals surface area (Å²) in [5.41, 5.74) is 0.691. The zero-order chi connectivity index (χ0) is 13.1. The van der Waals surface area contributed by atoms with Gasteiger partial charge in [0.25, 0.3) is 5.69 Å². The van der Waals surface area contributed by atoms with Crippen LogP contribution in [0.2, 0.25) is 0 Å². The van der Waals surface area contributed by atoms with E-state index in [-0.39, 0.29) is 17.6 Å². The van der Waals surface area contributed by atoms with Crippen molar-refractivity contribution in [3.05, 3.63) is 38.3 Å². The molecule has 0 aromatic heterocycles. The SMILES string of the molecule is O=C1CC(NCc2ccc(Br)cc2[N+](=O)[O-])CN1. The first kappa shape index (κ1) is 13.0. The van der Waals surface area contributed by atoms with Crippen LogP contribution in [0.25, 0.3) is 0 Å². The van der Waals surface area contributed by atoms with Gasteiger partial charge in [-0.1, -0.05) is 15.9 Å². The molecular formula is C11H12BrN3O3. The van der Waals surface area contributed by atoms with E-state index in [0.29, 0.717) is 29.5 Å². The molecule has 1 aromatic carbocycles. The van der Waals surface area contributed by atoms with E-state index < -0.39 is 4.92 Å². The topological polar surface area (TPSA) is 84.3 Å². The molecule has 1 atom stereocenters. The normalized spacial score (nSPS) is 18.7. The molecule has 0 bridgehead atoms. The van der Waals surface area contributed by atoms with E-state index in [0.717, 1.165) is 0 Å². The van der Waals surface area contributed by atoms with Crippen molar-refractivity contribution in [1.29, 1.82) is 0 Å². The summed E-state index contributed by atoms with van der Waals surface area (Å²) in [4.78, 5) is 21.5. The fourth-order valence-electron chi connectivity index (χ4n) is 1.86. The standard InChI is InChI=1S/C11H12BrN3O3/c12-8-2-1-7(10(3-8)15(17)18)5-13-9-4-11(16)14-6-9/h1-3,9,13H,4-6H2,(H,14,16). The molecule has 1 saturated heterocycles. The molecule has 1 fully saturated rings. The first-order chi connectivity index (χ1) is 8.56. The number of benzene rings is 1. The van der Waals surface area contributed by atoms with Gasteiger partial charge in [-0.05, 0) is 12.1 Å². The van der Waals surface area contributed by atoms with Crippen molar-refractivity contribution in [2.45, 2.75) is 19.0 Å². The molecule has 0 radical (unpaired) electrons. The fraction of sp³-hybridized carbons (Fsp3) is 0.364. The molecule has 96 valence electrons. The van der Waals surface area contributed by atoms with Crippen LogP contribution in [0.5, 0.6) is 0 Å². The minimum absolute atomic E-state index is 0.0119. The molecule has 18 heavy (non-hydrogen) atoms. The maximum absolute atomic E-state index is 11.0. The third-order valence-electron chi connectivity index (χ3n) is 2.80. The number of halogens is 1. The number of carbonyl (C=O) groups is 1. The van der Waals surface area contributed by atoms with Crippen molar-refractivity contribution in [3.8, 4) is 0 Å². The molecule has 7 heteroatoms. The molecule has 1 heterocycles. The van der Waals surface area contributed by atoms with E-state index >= 15 is 0 Å². The number of rotatable bonds is 4. The highest BCUT2D eigenvalue weighted by Gasteiger charge is 2.22. The molecule has 6 nitrogen and oxygen atoms in total. The quantitative estimate of drug-likeness (QED) is 0.649. The molecule has 0 saturated carbocycles. The predicted octanol–water partition coefficient (Wildman–Crippen LogP) is 1.34. The van der Waals surface area contributed by atoms with Gasteiger partial charge in [0.1, 0.15) is 0 Å². The zero-order valence-corrected chi connectivity index (χ0v) is 11.1. The lowest BCUT2D eigenvalue weighted by Crippen LogP contribution is -2.30. The zero-order valence-electron chi connectivity index (χ0n) is 9.48. The van der Waals surface area contributed by atoms with Crippen LogP contribution in [-0.2, 0) is 11.3 Å². The Kier molecular flexibility index (Phi) is 3.93. The minimum atomic E-state index is -0.403. The van der Waals surface area contributed by atoms with E-state index in [1.807, 2.05) is 0 Å². The number of hydrogen-bond acceptors (Lipinski definition) is 4. The molecule has 2 N–H and O–H groups in total. The number of nitrogens with zero attached hydrogens (tertiary/aromatic N) is 1. The summed E-state index contributed by atoms with van der Waals surface area (Å²) in [6.45, 7) is 0.951. The molecule has 1 amide bonds. The molecule has 1 aliphatic rings. The summed E-state index contributed by atoms with van der Waals surface area (Å²) < 4.78 is 0.677. The van der Waals surface area contributed by atoms with Crippen molar-refractivity contribution < 1.29 is 9.72 Å². The first-order valence-electron chi connectivity index (χ1n) is 5.49. The molecular weight excluding hydrogens is 302 g/mol. The number of nitrogens with one attached hydrogen (secondary N) is 2. The Balaban J connectivity index is 2.04. The predicted molar refractivity (Wildman–Crippen MR) is 69.1 cm³/mol. The number of hydrogen-bond donors (Lipinski definition) is 2. The van der Waals surface area contributed by atoms with E-state index in [2.05, 4.69) is 26.6 Å². The van der Waals surface area contributed by atoms with Gasteiger partial charge in [0.15, 0.2) is 0 Å². The molecule has 1 unspecified atom stereocenters. The van der Waals surface area contributed by atoms with Crippen molar-refractivity contribution in [2.75, 3.05) is 6.54 Å². The van der Waals surface area contributed by atoms with Gasteiger partial charge in [-0.3, -0.25) is 14.9 Å². The number of nitro groups is 1. The van der Waals surface area contributed by atoms with E-state index in [4.69, 9.17) is 0 Å². The van der Waals surface area contributed by atoms with Gasteiger partial charge in [-0.15, -0.1) is 0 Å². The van der Waals surface area contributed by atoms with Gasteiger partial charge in [0.05, 0.1) is 4.92 Å². The average Bonchev–Trinajstić information content (AvgIpc) is 2.73. The highest BCUT2D eigenvalue weighted by atomic mass is 79.9. The van der Waals surface area contributed by atoms with Crippen LogP contribution in [0.1, 0.15) is 12.0 Å². The van der Waals surface area contributed by atoms with E-state index in [9.17, 15) is 14.9 Å². The third-order valence-corrected chi connectivity index (χ3v) is 3.30. The van der Waals surface area contributed by atoms with Crippen molar-refractivity contribution in [3.63, 3.8) is 0 Å². The van der Waals surface area contributed by atoms with Gasteiger partial charge in [0, 0.05) is 41.7 Å². The van der Waals surface area contributed by atoms with Crippen LogP contribution in [0, 0.1) is 10.1 Å². The second-order valence-corrected chi connectivity index (χ2v) is 5.03. The smallest absolute Gasteiger partial charge is 0.275 e. The summed E-state index contributed by atoms with van der Waals surface area (Å²) in [5.74, 6) is 0.0119. The Hall–Kier alpha value is -1.47. The van der Waals surface area contributed by atoms with Crippen LogP contribution in [0.3, 0.4) is 0 Å². The lowest BCUT2D eigenvalue weighted by atomic mass is 10.1. The van der Waals surface area contributed by atoms with Crippen LogP contribution in [-0.4, -0.2) is 23.4 Å². The van der Waals surface area contributed by atoms with Gasteiger partial charge < -0.3 is 10.6 Å². The molecule has 1 aliphatic heterocycles. The summed E-state index contributed by atoms with van der Waals surface area (Å²) in [7, 11) is 0.